The quantitative estimate of drug-likeness (QED) is 0.378. The van der Waals surface area contributed by atoms with E-state index in [0.29, 0.717) is 22.0 Å². The molecule has 0 fully saturated rings. The van der Waals surface area contributed by atoms with Crippen LogP contribution in [0.3, 0.4) is 0 Å². The average Bonchev–Trinajstić information content (AvgIpc) is 2.55. The van der Waals surface area contributed by atoms with Gasteiger partial charge in [-0.05, 0) is 24.4 Å². The van der Waals surface area contributed by atoms with Crippen LogP contribution in [-0.4, -0.2) is 20.2 Å². The summed E-state index contributed by atoms with van der Waals surface area (Å²) in [4.78, 5) is 22.6. The third-order valence-electron chi connectivity index (χ3n) is 3.42. The zero-order valence-corrected chi connectivity index (χ0v) is 13.0. The Morgan fingerprint density at radius 1 is 1.25 bits per heavy atom. The molecule has 0 saturated heterocycles. The van der Waals surface area contributed by atoms with E-state index < -0.39 is 4.92 Å². The minimum atomic E-state index is -0.544. The maximum atomic E-state index is 11.8. The molecule has 24 heavy (non-hydrogen) atoms. The summed E-state index contributed by atoms with van der Waals surface area (Å²) in [6.45, 7) is 0. The van der Waals surface area contributed by atoms with Crippen molar-refractivity contribution in [1.82, 2.24) is 10.2 Å². The molecule has 0 spiro atoms. The number of nitro benzene ring substituents is 1. The van der Waals surface area contributed by atoms with Gasteiger partial charge in [0.05, 0.1) is 16.0 Å². The van der Waals surface area contributed by atoms with Gasteiger partial charge in [-0.1, -0.05) is 24.3 Å². The number of benzene rings is 2. The minimum Gasteiger partial charge on any atom is -0.376 e. The number of aromatic amines is 1. The Balaban J connectivity index is 2.22. The van der Waals surface area contributed by atoms with Gasteiger partial charge in [0.25, 0.3) is 11.2 Å². The van der Waals surface area contributed by atoms with Crippen LogP contribution >= 0.6 is 12.2 Å². The summed E-state index contributed by atoms with van der Waals surface area (Å²) in [5.74, 6) is 0. The minimum absolute atomic E-state index is 0.0709. The van der Waals surface area contributed by atoms with Crippen molar-refractivity contribution in [1.29, 1.82) is 0 Å². The molecule has 120 valence electrons. The van der Waals surface area contributed by atoms with Crippen LogP contribution in [0.2, 0.25) is 0 Å². The van der Waals surface area contributed by atoms with Crippen LogP contribution in [0.25, 0.3) is 22.0 Å². The molecule has 0 saturated carbocycles. The molecule has 4 N–H and O–H groups in total. The second-order valence-corrected chi connectivity index (χ2v) is 5.37. The fourth-order valence-corrected chi connectivity index (χ4v) is 2.51. The highest BCUT2D eigenvalue weighted by Crippen LogP contribution is 2.32. The molecule has 0 aliphatic carbocycles. The monoisotopic (exact) mass is 341 g/mol. The smallest absolute Gasteiger partial charge is 0.293 e. The summed E-state index contributed by atoms with van der Waals surface area (Å²) in [6, 6.07) is 11.4. The third-order valence-corrected chi connectivity index (χ3v) is 3.52. The highest BCUT2D eigenvalue weighted by Gasteiger charge is 2.17. The molecule has 1 aromatic heterocycles. The summed E-state index contributed by atoms with van der Waals surface area (Å²) in [5.41, 5.74) is 5.97. The van der Waals surface area contributed by atoms with Crippen LogP contribution in [0.5, 0.6) is 0 Å². The van der Waals surface area contributed by atoms with Crippen LogP contribution < -0.4 is 16.6 Å². The molecule has 0 bridgehead atoms. The molecule has 0 aliphatic heterocycles. The van der Waals surface area contributed by atoms with Gasteiger partial charge in [-0.15, -0.1) is 0 Å². The largest absolute Gasteiger partial charge is 0.376 e. The molecular weight excluding hydrogens is 330 g/mol. The number of H-pyrrole nitrogens is 1. The SMILES string of the molecule is NC(=S)Nc1ccc(-c2n[nH]c(=O)c3ccccc23)cc1[N+](=O)[O-]. The number of anilines is 1. The lowest BCUT2D eigenvalue weighted by atomic mass is 10.0. The zero-order valence-electron chi connectivity index (χ0n) is 12.1. The van der Waals surface area contributed by atoms with Crippen molar-refractivity contribution in [3.63, 3.8) is 0 Å². The summed E-state index contributed by atoms with van der Waals surface area (Å²) >= 11 is 4.72. The van der Waals surface area contributed by atoms with Gasteiger partial charge in [0, 0.05) is 17.0 Å². The predicted octanol–water partition coefficient (Wildman–Crippen LogP) is 2.15. The number of rotatable bonds is 3. The Hall–Kier alpha value is -3.33. The van der Waals surface area contributed by atoms with Crippen LogP contribution in [0.15, 0.2) is 47.3 Å². The molecule has 8 nitrogen and oxygen atoms in total. The molecule has 9 heteroatoms. The Bertz CT molecular complexity index is 1030. The molecular formula is C15H11N5O3S. The second-order valence-electron chi connectivity index (χ2n) is 4.93. The Kier molecular flexibility index (Phi) is 3.92. The van der Waals surface area contributed by atoms with E-state index in [0.717, 1.165) is 0 Å². The first-order chi connectivity index (χ1) is 11.5. The molecule has 0 aliphatic rings. The summed E-state index contributed by atoms with van der Waals surface area (Å²) < 4.78 is 0. The fourth-order valence-electron chi connectivity index (χ4n) is 2.40. The van der Waals surface area contributed by atoms with E-state index in [2.05, 4.69) is 15.5 Å². The van der Waals surface area contributed by atoms with Crippen molar-refractivity contribution < 1.29 is 4.92 Å². The number of hydrogen-bond donors (Lipinski definition) is 3. The van der Waals surface area contributed by atoms with E-state index in [1.54, 1.807) is 30.3 Å². The Morgan fingerprint density at radius 2 is 1.96 bits per heavy atom. The number of hydrogen-bond acceptors (Lipinski definition) is 5. The molecule has 0 radical (unpaired) electrons. The molecule has 2 aromatic carbocycles. The molecule has 1 heterocycles. The summed E-state index contributed by atoms with van der Waals surface area (Å²) in [6.07, 6.45) is 0. The van der Waals surface area contributed by atoms with E-state index >= 15 is 0 Å². The van der Waals surface area contributed by atoms with E-state index in [9.17, 15) is 14.9 Å². The Labute approximate surface area is 140 Å². The van der Waals surface area contributed by atoms with Crippen molar-refractivity contribution >= 4 is 39.5 Å². The normalized spacial score (nSPS) is 10.5. The van der Waals surface area contributed by atoms with Crippen molar-refractivity contribution in [3.05, 3.63) is 62.9 Å². The van der Waals surface area contributed by atoms with Crippen LogP contribution in [0.4, 0.5) is 11.4 Å². The van der Waals surface area contributed by atoms with Gasteiger partial charge in [0.1, 0.15) is 5.69 Å². The van der Waals surface area contributed by atoms with E-state index in [1.165, 1.54) is 12.1 Å². The van der Waals surface area contributed by atoms with Crippen molar-refractivity contribution in [2.75, 3.05) is 5.32 Å². The topological polar surface area (TPSA) is 127 Å². The van der Waals surface area contributed by atoms with Gasteiger partial charge in [0.15, 0.2) is 5.11 Å². The first kappa shape index (κ1) is 15.6. The lowest BCUT2D eigenvalue weighted by molar-refractivity contribution is -0.383. The fraction of sp³-hybridized carbons (Fsp3) is 0. The number of nitrogens with one attached hydrogen (secondary N) is 2. The lowest BCUT2D eigenvalue weighted by Gasteiger charge is -2.08. The molecule has 0 unspecified atom stereocenters. The van der Waals surface area contributed by atoms with Crippen molar-refractivity contribution in [2.24, 2.45) is 5.73 Å². The van der Waals surface area contributed by atoms with Gasteiger partial charge in [-0.25, -0.2) is 5.10 Å². The van der Waals surface area contributed by atoms with E-state index in [4.69, 9.17) is 18.0 Å². The average molecular weight is 341 g/mol. The Morgan fingerprint density at radius 3 is 2.62 bits per heavy atom. The predicted molar refractivity (Wildman–Crippen MR) is 94.9 cm³/mol. The number of nitrogens with zero attached hydrogens (tertiary/aromatic N) is 2. The second kappa shape index (κ2) is 6.05. The number of fused-ring (bicyclic) bond motifs is 1. The number of thiocarbonyl (C=S) groups is 1. The van der Waals surface area contributed by atoms with Gasteiger partial charge < -0.3 is 11.1 Å². The van der Waals surface area contributed by atoms with E-state index in [-0.39, 0.29) is 22.0 Å². The molecule has 0 amide bonds. The maximum absolute atomic E-state index is 11.8. The lowest BCUT2D eigenvalue weighted by Crippen LogP contribution is -2.19. The van der Waals surface area contributed by atoms with Gasteiger partial charge >= 0.3 is 0 Å². The van der Waals surface area contributed by atoms with Crippen LogP contribution in [-0.2, 0) is 0 Å². The number of nitrogens with two attached hydrogens (primary N) is 1. The van der Waals surface area contributed by atoms with Gasteiger partial charge in [0.2, 0.25) is 0 Å². The summed E-state index contributed by atoms with van der Waals surface area (Å²) in [7, 11) is 0. The standard InChI is InChI=1S/C15H11N5O3S/c16-15(24)17-11-6-5-8(7-12(11)20(22)23)13-9-3-1-2-4-10(9)14(21)19-18-13/h1-7H,(H,19,21)(H3,16,17,24). The number of nitro groups is 1. The molecule has 0 atom stereocenters. The first-order valence-corrected chi connectivity index (χ1v) is 7.21. The highest BCUT2D eigenvalue weighted by molar-refractivity contribution is 7.80. The van der Waals surface area contributed by atoms with Crippen molar-refractivity contribution in [3.8, 4) is 11.3 Å². The van der Waals surface area contributed by atoms with Crippen LogP contribution in [0.1, 0.15) is 0 Å². The van der Waals surface area contributed by atoms with Crippen molar-refractivity contribution in [2.45, 2.75) is 0 Å². The van der Waals surface area contributed by atoms with E-state index in [1.807, 2.05) is 0 Å². The first-order valence-electron chi connectivity index (χ1n) is 6.80. The summed E-state index contributed by atoms with van der Waals surface area (Å²) in [5, 5.41) is 21.3. The zero-order chi connectivity index (χ0) is 17.3. The number of aromatic nitrogens is 2. The van der Waals surface area contributed by atoms with Crippen LogP contribution in [0, 0.1) is 10.1 Å². The molecule has 3 aromatic rings. The van der Waals surface area contributed by atoms with Gasteiger partial charge in [-0.2, -0.15) is 5.10 Å². The molecule has 3 rings (SSSR count). The highest BCUT2D eigenvalue weighted by atomic mass is 32.1. The third kappa shape index (κ3) is 2.79. The maximum Gasteiger partial charge on any atom is 0.293 e. The van der Waals surface area contributed by atoms with Gasteiger partial charge in [-0.3, -0.25) is 14.9 Å².